The lowest BCUT2D eigenvalue weighted by Crippen LogP contribution is -2.48. The predicted molar refractivity (Wildman–Crippen MR) is 111 cm³/mol. The van der Waals surface area contributed by atoms with Gasteiger partial charge in [-0.05, 0) is 56.2 Å². The molecule has 0 atom stereocenters. The zero-order valence-corrected chi connectivity index (χ0v) is 17.8. The first-order chi connectivity index (χ1) is 13.4. The van der Waals surface area contributed by atoms with E-state index in [2.05, 4.69) is 4.90 Å². The van der Waals surface area contributed by atoms with Gasteiger partial charge in [0, 0.05) is 26.2 Å². The van der Waals surface area contributed by atoms with Gasteiger partial charge in [0.1, 0.15) is 11.5 Å². The molecule has 1 fully saturated rings. The molecule has 2 aromatic carbocycles. The van der Waals surface area contributed by atoms with E-state index in [0.29, 0.717) is 37.7 Å². The molecule has 0 aliphatic carbocycles. The van der Waals surface area contributed by atoms with E-state index in [9.17, 15) is 8.42 Å². The second kappa shape index (κ2) is 8.41. The Balaban J connectivity index is 1.78. The molecular weight excluding hydrogens is 376 g/mol. The van der Waals surface area contributed by atoms with Gasteiger partial charge in [-0.1, -0.05) is 12.1 Å². The molecular formula is C21H28N2O4S. The summed E-state index contributed by atoms with van der Waals surface area (Å²) in [6, 6.07) is 11.3. The molecule has 0 aromatic heterocycles. The zero-order valence-electron chi connectivity index (χ0n) is 16.9. The number of sulfonamides is 1. The first-order valence-corrected chi connectivity index (χ1v) is 10.9. The van der Waals surface area contributed by atoms with Crippen molar-refractivity contribution in [1.82, 2.24) is 4.31 Å². The average molecular weight is 405 g/mol. The van der Waals surface area contributed by atoms with Crippen LogP contribution in [0.15, 0.2) is 41.3 Å². The van der Waals surface area contributed by atoms with Crippen molar-refractivity contribution in [3.63, 3.8) is 0 Å². The third-order valence-electron chi connectivity index (χ3n) is 5.02. The second-order valence-electron chi connectivity index (χ2n) is 6.88. The number of aryl methyl sites for hydroxylation is 2. The topological polar surface area (TPSA) is 59.1 Å². The van der Waals surface area contributed by atoms with E-state index in [1.165, 1.54) is 0 Å². The van der Waals surface area contributed by atoms with Gasteiger partial charge in [-0.3, -0.25) is 0 Å². The summed E-state index contributed by atoms with van der Waals surface area (Å²) >= 11 is 0. The van der Waals surface area contributed by atoms with Gasteiger partial charge in [0.2, 0.25) is 10.0 Å². The molecule has 0 saturated carbocycles. The van der Waals surface area contributed by atoms with Crippen molar-refractivity contribution in [2.75, 3.05) is 44.8 Å². The number of hydrogen-bond donors (Lipinski definition) is 0. The first-order valence-electron chi connectivity index (χ1n) is 9.50. The summed E-state index contributed by atoms with van der Waals surface area (Å²) < 4.78 is 38.9. The number of para-hydroxylation sites is 2. The van der Waals surface area contributed by atoms with Crippen LogP contribution in [-0.4, -0.2) is 52.6 Å². The Kier molecular flexibility index (Phi) is 6.15. The Bertz CT molecular complexity index is 912. The SMILES string of the molecule is CCOc1ccccc1N1CCN(S(=O)(=O)c2cc(C)c(OC)c(C)c2)CC1. The Morgan fingerprint density at radius 3 is 2.18 bits per heavy atom. The number of benzene rings is 2. The minimum Gasteiger partial charge on any atom is -0.496 e. The van der Waals surface area contributed by atoms with Crippen molar-refractivity contribution in [1.29, 1.82) is 0 Å². The highest BCUT2D eigenvalue weighted by atomic mass is 32.2. The Labute approximate surface area is 167 Å². The highest BCUT2D eigenvalue weighted by Gasteiger charge is 2.30. The van der Waals surface area contributed by atoms with Gasteiger partial charge in [-0.2, -0.15) is 4.31 Å². The van der Waals surface area contributed by atoms with Crippen LogP contribution >= 0.6 is 0 Å². The van der Waals surface area contributed by atoms with E-state index >= 15 is 0 Å². The van der Waals surface area contributed by atoms with Crippen LogP contribution < -0.4 is 14.4 Å². The molecule has 2 aromatic rings. The third kappa shape index (κ3) is 3.95. The molecule has 28 heavy (non-hydrogen) atoms. The van der Waals surface area contributed by atoms with E-state index in [-0.39, 0.29) is 0 Å². The maximum atomic E-state index is 13.1. The highest BCUT2D eigenvalue weighted by molar-refractivity contribution is 7.89. The molecule has 3 rings (SSSR count). The van der Waals surface area contributed by atoms with Crippen LogP contribution in [0, 0.1) is 13.8 Å². The lowest BCUT2D eigenvalue weighted by molar-refractivity contribution is 0.337. The molecule has 1 aliphatic rings. The van der Waals surface area contributed by atoms with Crippen LogP contribution in [0.1, 0.15) is 18.1 Å². The highest BCUT2D eigenvalue weighted by Crippen LogP contribution is 2.31. The number of rotatable bonds is 6. The molecule has 0 unspecified atom stereocenters. The lowest BCUT2D eigenvalue weighted by atomic mass is 10.1. The number of hydrogen-bond acceptors (Lipinski definition) is 5. The summed E-state index contributed by atoms with van der Waals surface area (Å²) in [5, 5.41) is 0. The molecule has 1 heterocycles. The molecule has 1 saturated heterocycles. The summed E-state index contributed by atoms with van der Waals surface area (Å²) in [5.41, 5.74) is 2.66. The maximum Gasteiger partial charge on any atom is 0.243 e. The van der Waals surface area contributed by atoms with E-state index in [4.69, 9.17) is 9.47 Å². The van der Waals surface area contributed by atoms with Gasteiger partial charge >= 0.3 is 0 Å². The summed E-state index contributed by atoms with van der Waals surface area (Å²) in [6.45, 7) is 8.41. The lowest BCUT2D eigenvalue weighted by Gasteiger charge is -2.36. The molecule has 152 valence electrons. The number of nitrogens with zero attached hydrogens (tertiary/aromatic N) is 2. The summed E-state index contributed by atoms with van der Waals surface area (Å²) in [5.74, 6) is 1.57. The van der Waals surface area contributed by atoms with Crippen molar-refractivity contribution in [3.8, 4) is 11.5 Å². The summed E-state index contributed by atoms with van der Waals surface area (Å²) in [4.78, 5) is 2.51. The first kappa shape index (κ1) is 20.5. The van der Waals surface area contributed by atoms with Crippen LogP contribution in [0.4, 0.5) is 5.69 Å². The molecule has 1 aliphatic heterocycles. The average Bonchev–Trinajstić information content (AvgIpc) is 2.68. The molecule has 0 N–H and O–H groups in total. The van der Waals surface area contributed by atoms with Crippen LogP contribution in [0.2, 0.25) is 0 Å². The third-order valence-corrected chi connectivity index (χ3v) is 6.90. The largest absolute Gasteiger partial charge is 0.496 e. The van der Waals surface area contributed by atoms with Gasteiger partial charge < -0.3 is 14.4 Å². The standard InChI is InChI=1S/C21H28N2O4S/c1-5-27-20-9-7-6-8-19(20)22-10-12-23(13-11-22)28(24,25)18-14-16(2)21(26-4)17(3)15-18/h6-9,14-15H,5,10-13H2,1-4H3. The number of ether oxygens (including phenoxy) is 2. The fourth-order valence-corrected chi connectivity index (χ4v) is 5.29. The zero-order chi connectivity index (χ0) is 20.3. The number of piperazine rings is 1. The van der Waals surface area contributed by atoms with Crippen molar-refractivity contribution in [2.45, 2.75) is 25.7 Å². The molecule has 0 bridgehead atoms. The van der Waals surface area contributed by atoms with Crippen LogP contribution in [0.25, 0.3) is 0 Å². The van der Waals surface area contributed by atoms with Gasteiger partial charge in [-0.15, -0.1) is 0 Å². The number of methoxy groups -OCH3 is 1. The molecule has 0 radical (unpaired) electrons. The van der Waals surface area contributed by atoms with E-state index in [0.717, 1.165) is 28.3 Å². The molecule has 0 spiro atoms. The smallest absolute Gasteiger partial charge is 0.243 e. The van der Waals surface area contributed by atoms with Crippen LogP contribution in [0.3, 0.4) is 0 Å². The van der Waals surface area contributed by atoms with Crippen LogP contribution in [-0.2, 0) is 10.0 Å². The van der Waals surface area contributed by atoms with E-state index in [1.807, 2.05) is 45.0 Å². The second-order valence-corrected chi connectivity index (χ2v) is 8.82. The minimum absolute atomic E-state index is 0.325. The van der Waals surface area contributed by atoms with E-state index in [1.54, 1.807) is 23.5 Å². The molecule has 7 heteroatoms. The Morgan fingerprint density at radius 1 is 1.00 bits per heavy atom. The predicted octanol–water partition coefficient (Wildman–Crippen LogP) is 3.22. The minimum atomic E-state index is -3.54. The van der Waals surface area contributed by atoms with Gasteiger partial charge in [0.25, 0.3) is 0 Å². The van der Waals surface area contributed by atoms with Gasteiger partial charge in [0.05, 0.1) is 24.3 Å². The number of anilines is 1. The Morgan fingerprint density at radius 2 is 1.61 bits per heavy atom. The fraction of sp³-hybridized carbons (Fsp3) is 0.429. The van der Waals surface area contributed by atoms with Gasteiger partial charge in [-0.25, -0.2) is 8.42 Å². The normalized spacial score (nSPS) is 15.5. The van der Waals surface area contributed by atoms with Crippen molar-refractivity contribution in [2.24, 2.45) is 0 Å². The van der Waals surface area contributed by atoms with Gasteiger partial charge in [0.15, 0.2) is 0 Å². The monoisotopic (exact) mass is 404 g/mol. The quantitative estimate of drug-likeness (QED) is 0.740. The maximum absolute atomic E-state index is 13.1. The Hall–Kier alpha value is -2.25. The molecule has 6 nitrogen and oxygen atoms in total. The van der Waals surface area contributed by atoms with Crippen LogP contribution in [0.5, 0.6) is 11.5 Å². The summed E-state index contributed by atoms with van der Waals surface area (Å²) in [6.07, 6.45) is 0. The van der Waals surface area contributed by atoms with Crippen molar-refractivity contribution in [3.05, 3.63) is 47.5 Å². The fourth-order valence-electron chi connectivity index (χ4n) is 3.70. The molecule has 0 amide bonds. The van der Waals surface area contributed by atoms with E-state index < -0.39 is 10.0 Å². The van der Waals surface area contributed by atoms with Crippen molar-refractivity contribution < 1.29 is 17.9 Å². The summed E-state index contributed by atoms with van der Waals surface area (Å²) in [7, 11) is -1.94. The van der Waals surface area contributed by atoms with Crippen molar-refractivity contribution >= 4 is 15.7 Å².